The minimum atomic E-state index is -3.37. The summed E-state index contributed by atoms with van der Waals surface area (Å²) >= 11 is 6.28. The summed E-state index contributed by atoms with van der Waals surface area (Å²) < 4.78 is 58.1. The van der Waals surface area contributed by atoms with Crippen LogP contribution in [0.25, 0.3) is 16.6 Å². The van der Waals surface area contributed by atoms with Crippen molar-refractivity contribution in [1.29, 1.82) is 0 Å². The van der Waals surface area contributed by atoms with Gasteiger partial charge in [-0.1, -0.05) is 29.8 Å². The van der Waals surface area contributed by atoms with E-state index in [-0.39, 0.29) is 28.1 Å². The van der Waals surface area contributed by atoms with Crippen LogP contribution in [0.4, 0.5) is 14.5 Å². The zero-order valence-corrected chi connectivity index (χ0v) is 20.8. The van der Waals surface area contributed by atoms with E-state index in [1.54, 1.807) is 59.4 Å². The zero-order valence-electron chi connectivity index (χ0n) is 19.2. The van der Waals surface area contributed by atoms with Crippen LogP contribution in [-0.2, 0) is 16.6 Å². The lowest BCUT2D eigenvalue weighted by atomic mass is 10.1. The van der Waals surface area contributed by atoms with Gasteiger partial charge in [-0.05, 0) is 54.8 Å². The lowest BCUT2D eigenvalue weighted by molar-refractivity contribution is -0.0498. The minimum Gasteiger partial charge on any atom is -0.435 e. The number of carbonyl (C=O) groups is 1. The average molecular weight is 547 g/mol. The van der Waals surface area contributed by atoms with Gasteiger partial charge >= 0.3 is 6.61 Å². The highest BCUT2D eigenvalue weighted by Gasteiger charge is 2.35. The van der Waals surface area contributed by atoms with Crippen molar-refractivity contribution in [2.24, 2.45) is 0 Å². The molecule has 0 unspecified atom stereocenters. The molecule has 1 aliphatic rings. The molecule has 12 heteroatoms. The van der Waals surface area contributed by atoms with Crippen LogP contribution in [0.2, 0.25) is 5.02 Å². The van der Waals surface area contributed by atoms with Crippen molar-refractivity contribution in [2.75, 3.05) is 5.32 Å². The summed E-state index contributed by atoms with van der Waals surface area (Å²) in [5, 5.41) is 7.67. The van der Waals surface area contributed by atoms with E-state index in [1.807, 2.05) is 0 Å². The number of anilines is 1. The van der Waals surface area contributed by atoms with Crippen molar-refractivity contribution in [3.63, 3.8) is 0 Å². The number of benzene rings is 3. The zero-order chi connectivity index (χ0) is 26.2. The Kier molecular flexibility index (Phi) is 6.84. The monoisotopic (exact) mass is 546 g/mol. The predicted molar refractivity (Wildman–Crippen MR) is 136 cm³/mol. The van der Waals surface area contributed by atoms with E-state index < -0.39 is 22.5 Å². The fraction of sp³-hybridized carbons (Fsp3) is 0.200. The summed E-state index contributed by atoms with van der Waals surface area (Å²) in [5.41, 5.74) is 2.37. The highest BCUT2D eigenvalue weighted by molar-refractivity contribution is 7.90. The lowest BCUT2D eigenvalue weighted by Gasteiger charge is -2.11. The molecule has 2 N–H and O–H groups in total. The van der Waals surface area contributed by atoms with Crippen LogP contribution in [0.15, 0.2) is 66.9 Å². The Morgan fingerprint density at radius 2 is 1.92 bits per heavy atom. The van der Waals surface area contributed by atoms with E-state index in [4.69, 9.17) is 11.6 Å². The van der Waals surface area contributed by atoms with Crippen LogP contribution >= 0.6 is 11.6 Å². The third-order valence-corrected chi connectivity index (χ3v) is 8.09. The molecule has 0 aliphatic heterocycles. The van der Waals surface area contributed by atoms with Crippen LogP contribution in [0.5, 0.6) is 5.75 Å². The first kappa shape index (κ1) is 25.1. The van der Waals surface area contributed by atoms with Crippen molar-refractivity contribution in [1.82, 2.24) is 14.5 Å². The topological polar surface area (TPSA) is 102 Å². The Bertz CT molecular complexity index is 1590. The third-order valence-electron chi connectivity index (χ3n) is 5.87. The molecular formula is C25H21ClF2N4O4S. The number of nitrogens with zero attached hydrogens (tertiary/aromatic N) is 2. The molecule has 8 nitrogen and oxygen atoms in total. The molecule has 3 aromatic carbocycles. The summed E-state index contributed by atoms with van der Waals surface area (Å²) in [4.78, 5) is 13.1. The molecule has 192 valence electrons. The fourth-order valence-corrected chi connectivity index (χ4v) is 5.45. The van der Waals surface area contributed by atoms with E-state index in [1.165, 1.54) is 12.1 Å². The highest BCUT2D eigenvalue weighted by atomic mass is 35.5. The number of amides is 1. The molecule has 4 aromatic rings. The third kappa shape index (κ3) is 5.58. The van der Waals surface area contributed by atoms with Gasteiger partial charge in [0.05, 0.1) is 38.9 Å². The number of hydrogen-bond acceptors (Lipinski definition) is 5. The largest absolute Gasteiger partial charge is 0.435 e. The molecule has 1 amide bonds. The molecule has 1 fully saturated rings. The van der Waals surface area contributed by atoms with Gasteiger partial charge in [0.2, 0.25) is 10.0 Å². The SMILES string of the molecule is O=C(Nc1cccc2c1cnn2-c1cccc(OC(F)F)c1)c1cc(CNS(=O)(=O)C2CC2)ccc1Cl. The van der Waals surface area contributed by atoms with Gasteiger partial charge in [-0.2, -0.15) is 13.9 Å². The van der Waals surface area contributed by atoms with E-state index in [9.17, 15) is 22.0 Å². The highest BCUT2D eigenvalue weighted by Crippen LogP contribution is 2.29. The number of nitrogens with one attached hydrogen (secondary N) is 2. The number of sulfonamides is 1. The summed E-state index contributed by atoms with van der Waals surface area (Å²) in [6.45, 7) is -2.90. The second kappa shape index (κ2) is 10.1. The van der Waals surface area contributed by atoms with E-state index in [0.29, 0.717) is 40.7 Å². The summed E-state index contributed by atoms with van der Waals surface area (Å²) in [6.07, 6.45) is 2.86. The van der Waals surface area contributed by atoms with Gasteiger partial charge in [0.1, 0.15) is 5.75 Å². The predicted octanol–water partition coefficient (Wildman–Crippen LogP) is 5.11. The molecule has 1 aromatic heterocycles. The number of alkyl halides is 2. The van der Waals surface area contributed by atoms with Crippen molar-refractivity contribution in [3.05, 3.63) is 83.0 Å². The number of ether oxygens (including phenoxy) is 1. The van der Waals surface area contributed by atoms with Gasteiger partial charge in [0, 0.05) is 18.0 Å². The van der Waals surface area contributed by atoms with Gasteiger partial charge < -0.3 is 10.1 Å². The van der Waals surface area contributed by atoms with Crippen molar-refractivity contribution in [3.8, 4) is 11.4 Å². The summed E-state index contributed by atoms with van der Waals surface area (Å²) in [6, 6.07) is 16.1. The lowest BCUT2D eigenvalue weighted by Crippen LogP contribution is -2.26. The van der Waals surface area contributed by atoms with E-state index >= 15 is 0 Å². The maximum atomic E-state index is 13.1. The van der Waals surface area contributed by atoms with Crippen LogP contribution in [-0.4, -0.2) is 36.0 Å². The minimum absolute atomic E-state index is 0.00504. The Hall–Kier alpha value is -3.54. The van der Waals surface area contributed by atoms with Crippen molar-refractivity contribution >= 4 is 44.1 Å². The van der Waals surface area contributed by atoms with Gasteiger partial charge in [-0.25, -0.2) is 17.8 Å². The first-order valence-electron chi connectivity index (χ1n) is 11.3. The summed E-state index contributed by atoms with van der Waals surface area (Å²) in [7, 11) is -3.37. The molecule has 1 aliphatic carbocycles. The normalized spacial score (nSPS) is 13.7. The first-order chi connectivity index (χ1) is 17.7. The maximum Gasteiger partial charge on any atom is 0.387 e. The number of rotatable bonds is 9. The molecule has 0 spiro atoms. The Labute approximate surface area is 216 Å². The van der Waals surface area contributed by atoms with Crippen LogP contribution in [0, 0.1) is 0 Å². The van der Waals surface area contributed by atoms with Crippen LogP contribution < -0.4 is 14.8 Å². The van der Waals surface area contributed by atoms with Crippen LogP contribution in [0.3, 0.4) is 0 Å². The van der Waals surface area contributed by atoms with Crippen molar-refractivity contribution in [2.45, 2.75) is 31.2 Å². The second-order valence-electron chi connectivity index (χ2n) is 8.50. The summed E-state index contributed by atoms with van der Waals surface area (Å²) in [5.74, 6) is -0.487. The number of hydrogen-bond donors (Lipinski definition) is 2. The Balaban J connectivity index is 1.38. The maximum absolute atomic E-state index is 13.1. The number of carbonyl (C=O) groups excluding carboxylic acids is 1. The number of halogens is 3. The Morgan fingerprint density at radius 1 is 1.14 bits per heavy atom. The molecule has 37 heavy (non-hydrogen) atoms. The molecule has 1 saturated carbocycles. The van der Waals surface area contributed by atoms with Gasteiger partial charge in [0.15, 0.2) is 0 Å². The molecule has 5 rings (SSSR count). The first-order valence-corrected chi connectivity index (χ1v) is 13.2. The molecule has 0 atom stereocenters. The van der Waals surface area contributed by atoms with Gasteiger partial charge in [-0.3, -0.25) is 4.79 Å². The smallest absolute Gasteiger partial charge is 0.387 e. The fourth-order valence-electron chi connectivity index (χ4n) is 3.88. The van der Waals surface area contributed by atoms with E-state index in [2.05, 4.69) is 19.9 Å². The van der Waals surface area contributed by atoms with E-state index in [0.717, 1.165) is 0 Å². The molecular weight excluding hydrogens is 526 g/mol. The van der Waals surface area contributed by atoms with Crippen molar-refractivity contribution < 1.29 is 26.7 Å². The molecule has 0 saturated heterocycles. The molecule has 0 bridgehead atoms. The second-order valence-corrected chi connectivity index (χ2v) is 11.0. The van der Waals surface area contributed by atoms with Gasteiger partial charge in [-0.15, -0.1) is 0 Å². The Morgan fingerprint density at radius 3 is 2.68 bits per heavy atom. The molecule has 1 heterocycles. The standard InChI is InChI=1S/C25H21ClF2N4O4S/c26-21-10-7-15(13-30-37(34,35)18-8-9-18)11-19(21)24(33)31-22-5-2-6-23-20(22)14-29-32(23)16-3-1-4-17(12-16)36-25(27)28/h1-7,10-12,14,18,25,30H,8-9,13H2,(H,31,33). The number of aromatic nitrogens is 2. The quantitative estimate of drug-likeness (QED) is 0.303. The average Bonchev–Trinajstić information content (AvgIpc) is 3.64. The molecule has 0 radical (unpaired) electrons. The van der Waals surface area contributed by atoms with Crippen LogP contribution in [0.1, 0.15) is 28.8 Å². The van der Waals surface area contributed by atoms with Gasteiger partial charge in [0.25, 0.3) is 5.91 Å². The number of fused-ring (bicyclic) bond motifs is 1.